The second-order valence-electron chi connectivity index (χ2n) is 6.24. The quantitative estimate of drug-likeness (QED) is 0.312. The van der Waals surface area contributed by atoms with Crippen LogP contribution in [0.5, 0.6) is 11.5 Å². The van der Waals surface area contributed by atoms with E-state index in [1.165, 1.54) is 19.2 Å². The van der Waals surface area contributed by atoms with Crippen molar-refractivity contribution in [2.24, 2.45) is 10.2 Å². The van der Waals surface area contributed by atoms with Gasteiger partial charge in [-0.15, -0.1) is 10.2 Å². The lowest BCUT2D eigenvalue weighted by atomic mass is 10.1. The molecule has 4 N–H and O–H groups in total. The van der Waals surface area contributed by atoms with Crippen molar-refractivity contribution in [1.82, 2.24) is 0 Å². The van der Waals surface area contributed by atoms with Crippen molar-refractivity contribution >= 4 is 48.1 Å². The highest BCUT2D eigenvalue weighted by molar-refractivity contribution is 7.86. The highest BCUT2D eigenvalue weighted by Gasteiger charge is 2.23. The van der Waals surface area contributed by atoms with Crippen molar-refractivity contribution in [1.29, 1.82) is 0 Å². The fraction of sp³-hybridized carbons (Fsp3) is 0.111. The molecule has 0 saturated heterocycles. The largest absolute Gasteiger partial charge is 0.505 e. The molecule has 0 amide bonds. The number of hydrogen-bond donors (Lipinski definition) is 4. The van der Waals surface area contributed by atoms with Gasteiger partial charge in [0.05, 0.1) is 7.11 Å². The first-order chi connectivity index (χ1) is 14.5. The average Bonchev–Trinajstić information content (AvgIpc) is 2.71. The summed E-state index contributed by atoms with van der Waals surface area (Å²) in [5, 5.41) is 21.3. The Morgan fingerprint density at radius 2 is 1.58 bits per heavy atom. The summed E-state index contributed by atoms with van der Waals surface area (Å²) in [4.78, 5) is -1.39. The van der Waals surface area contributed by atoms with Gasteiger partial charge in [-0.1, -0.05) is 0 Å². The van der Waals surface area contributed by atoms with Crippen molar-refractivity contribution in [3.63, 3.8) is 0 Å². The monoisotopic (exact) mass is 467 g/mol. The molecule has 0 aliphatic heterocycles. The molecule has 11 nitrogen and oxygen atoms in total. The number of phenols is 1. The zero-order chi connectivity index (χ0) is 23.0. The van der Waals surface area contributed by atoms with Gasteiger partial charge in [-0.25, -0.2) is 0 Å². The number of benzene rings is 3. The summed E-state index contributed by atoms with van der Waals surface area (Å²) >= 11 is 0. The maximum Gasteiger partial charge on any atom is 0.296 e. The summed E-state index contributed by atoms with van der Waals surface area (Å²) in [6.45, 7) is 0. The third-order valence-corrected chi connectivity index (χ3v) is 6.07. The molecular formula is C18H17N3O8S2. The van der Waals surface area contributed by atoms with Crippen LogP contribution in [0.25, 0.3) is 10.8 Å². The van der Waals surface area contributed by atoms with Crippen LogP contribution in [-0.4, -0.2) is 45.2 Å². The van der Waals surface area contributed by atoms with Gasteiger partial charge in [0.15, 0.2) is 5.75 Å². The van der Waals surface area contributed by atoms with E-state index in [4.69, 9.17) is 4.74 Å². The molecule has 0 heterocycles. The molecule has 0 aliphatic carbocycles. The molecule has 0 fully saturated rings. The first-order valence-electron chi connectivity index (χ1n) is 8.48. The lowest BCUT2D eigenvalue weighted by Gasteiger charge is -2.10. The Bertz CT molecular complexity index is 1420. The molecule has 3 aromatic carbocycles. The number of phenolic OH excluding ortho intramolecular Hbond substituents is 1. The molecule has 0 radical (unpaired) electrons. The minimum Gasteiger partial charge on any atom is -0.505 e. The Labute approximate surface area is 177 Å². The molecule has 0 spiro atoms. The summed E-state index contributed by atoms with van der Waals surface area (Å²) in [5.41, 5.74) is -0.336. The molecule has 0 atom stereocenters. The van der Waals surface area contributed by atoms with E-state index in [2.05, 4.69) is 15.5 Å². The van der Waals surface area contributed by atoms with Crippen LogP contribution < -0.4 is 10.1 Å². The molecular weight excluding hydrogens is 450 g/mol. The van der Waals surface area contributed by atoms with Crippen molar-refractivity contribution in [2.45, 2.75) is 9.79 Å². The summed E-state index contributed by atoms with van der Waals surface area (Å²) in [5.74, 6) is -0.488. The van der Waals surface area contributed by atoms with Crippen LogP contribution in [0.15, 0.2) is 62.5 Å². The SMILES string of the molecule is CNc1ccc2c(O)c(N=Nc3ccc(OC)cc3S(=O)(=O)O)c(S(=O)(=O)O)cc2c1. The van der Waals surface area contributed by atoms with E-state index in [0.717, 1.165) is 18.2 Å². The minimum absolute atomic E-state index is 0.110. The number of anilines is 1. The maximum absolute atomic E-state index is 11.9. The highest BCUT2D eigenvalue weighted by Crippen LogP contribution is 2.42. The number of nitrogens with one attached hydrogen (secondary N) is 1. The molecule has 13 heteroatoms. The van der Waals surface area contributed by atoms with Gasteiger partial charge in [0, 0.05) is 24.2 Å². The molecule has 0 aliphatic rings. The van der Waals surface area contributed by atoms with Gasteiger partial charge in [0.25, 0.3) is 20.2 Å². The molecule has 0 bridgehead atoms. The van der Waals surface area contributed by atoms with Gasteiger partial charge in [-0.3, -0.25) is 9.11 Å². The number of hydrogen-bond acceptors (Lipinski definition) is 9. The third-order valence-electron chi connectivity index (χ3n) is 4.32. The number of nitrogens with zero attached hydrogens (tertiary/aromatic N) is 2. The molecule has 0 aromatic heterocycles. The van der Waals surface area contributed by atoms with E-state index in [1.54, 1.807) is 19.2 Å². The summed E-state index contributed by atoms with van der Waals surface area (Å²) < 4.78 is 71.1. The third kappa shape index (κ3) is 4.59. The van der Waals surface area contributed by atoms with Gasteiger partial charge < -0.3 is 15.2 Å². The number of methoxy groups -OCH3 is 1. The number of azo groups is 1. The predicted octanol–water partition coefficient (Wildman–Crippen LogP) is 3.50. The van der Waals surface area contributed by atoms with Crippen molar-refractivity contribution in [3.8, 4) is 11.5 Å². The lowest BCUT2D eigenvalue weighted by molar-refractivity contribution is 0.412. The van der Waals surface area contributed by atoms with Crippen LogP contribution in [0, 0.1) is 0 Å². The number of rotatable bonds is 6. The van der Waals surface area contributed by atoms with Gasteiger partial charge in [-0.2, -0.15) is 16.8 Å². The second kappa shape index (κ2) is 8.11. The van der Waals surface area contributed by atoms with Crippen LogP contribution in [0.2, 0.25) is 0 Å². The highest BCUT2D eigenvalue weighted by atomic mass is 32.2. The molecule has 31 heavy (non-hydrogen) atoms. The van der Waals surface area contributed by atoms with Gasteiger partial charge in [0.2, 0.25) is 0 Å². The normalized spacial score (nSPS) is 12.4. The Hall–Kier alpha value is -3.26. The predicted molar refractivity (Wildman–Crippen MR) is 112 cm³/mol. The molecule has 164 valence electrons. The van der Waals surface area contributed by atoms with E-state index < -0.39 is 41.5 Å². The first-order valence-corrected chi connectivity index (χ1v) is 11.4. The smallest absolute Gasteiger partial charge is 0.296 e. The fourth-order valence-corrected chi connectivity index (χ4v) is 4.11. The summed E-state index contributed by atoms with van der Waals surface area (Å²) in [7, 11) is -6.64. The van der Waals surface area contributed by atoms with E-state index in [9.17, 15) is 31.0 Å². The number of aromatic hydroxyl groups is 1. The average molecular weight is 467 g/mol. The van der Waals surface area contributed by atoms with Crippen LogP contribution >= 0.6 is 0 Å². The molecule has 0 saturated carbocycles. The summed E-state index contributed by atoms with van der Waals surface area (Å²) in [6.07, 6.45) is 0. The lowest BCUT2D eigenvalue weighted by Crippen LogP contribution is -2.00. The van der Waals surface area contributed by atoms with Crippen molar-refractivity contribution in [2.75, 3.05) is 19.5 Å². The second-order valence-corrected chi connectivity index (χ2v) is 9.02. The van der Waals surface area contributed by atoms with Gasteiger partial charge in [0.1, 0.15) is 26.9 Å². The summed E-state index contributed by atoms with van der Waals surface area (Å²) in [6, 6.07) is 9.26. The topological polar surface area (TPSA) is 175 Å². The van der Waals surface area contributed by atoms with E-state index in [-0.39, 0.29) is 16.8 Å². The van der Waals surface area contributed by atoms with Crippen molar-refractivity contribution < 1.29 is 35.8 Å². The Kier molecular flexibility index (Phi) is 5.87. The van der Waals surface area contributed by atoms with Crippen molar-refractivity contribution in [3.05, 3.63) is 42.5 Å². The van der Waals surface area contributed by atoms with Crippen LogP contribution in [-0.2, 0) is 20.2 Å². The zero-order valence-electron chi connectivity index (χ0n) is 16.1. The van der Waals surface area contributed by atoms with E-state index >= 15 is 0 Å². The van der Waals surface area contributed by atoms with E-state index in [0.29, 0.717) is 11.1 Å². The molecule has 3 rings (SSSR count). The van der Waals surface area contributed by atoms with Gasteiger partial charge in [-0.05, 0) is 41.8 Å². The standard InChI is InChI=1S/C18H17N3O8S2/c1-19-11-3-5-13-10(7-11)8-16(31(26,27)28)17(18(13)22)21-20-14-6-4-12(29-2)9-15(14)30(23,24)25/h3-9,19,22H,1-2H3,(H,23,24,25)(H,26,27,28). The Morgan fingerprint density at radius 3 is 2.16 bits per heavy atom. The fourth-order valence-electron chi connectivity index (χ4n) is 2.81. The number of ether oxygens (including phenoxy) is 1. The minimum atomic E-state index is -4.84. The van der Waals surface area contributed by atoms with Gasteiger partial charge >= 0.3 is 0 Å². The van der Waals surface area contributed by atoms with Crippen LogP contribution in [0.4, 0.5) is 17.1 Å². The first kappa shape index (κ1) is 22.4. The van der Waals surface area contributed by atoms with E-state index in [1.807, 2.05) is 0 Å². The number of fused-ring (bicyclic) bond motifs is 1. The Morgan fingerprint density at radius 1 is 0.903 bits per heavy atom. The Balaban J connectivity index is 2.26. The molecule has 3 aromatic rings. The maximum atomic E-state index is 11.9. The van der Waals surface area contributed by atoms with Crippen LogP contribution in [0.3, 0.4) is 0 Å². The molecule has 0 unspecified atom stereocenters. The van der Waals surface area contributed by atoms with Crippen LogP contribution in [0.1, 0.15) is 0 Å². The zero-order valence-corrected chi connectivity index (χ0v) is 17.8.